The predicted molar refractivity (Wildman–Crippen MR) is 62.8 cm³/mol. The van der Waals surface area contributed by atoms with Crippen LogP contribution in [-0.2, 0) is 6.54 Å². The molecule has 0 spiro atoms. The fourth-order valence-corrected chi connectivity index (χ4v) is 2.81. The first-order valence-corrected chi connectivity index (χ1v) is 6.44. The molecule has 2 rings (SSSR count). The Morgan fingerprint density at radius 2 is 2.06 bits per heavy atom. The van der Waals surface area contributed by atoms with Crippen LogP contribution in [0.1, 0.15) is 40.9 Å². The van der Waals surface area contributed by atoms with Crippen molar-refractivity contribution in [1.82, 2.24) is 9.27 Å². The van der Waals surface area contributed by atoms with Gasteiger partial charge in [0.1, 0.15) is 0 Å². The van der Waals surface area contributed by atoms with Gasteiger partial charge in [-0.25, -0.2) is 4.79 Å². The van der Waals surface area contributed by atoms with Crippen molar-refractivity contribution in [1.29, 1.82) is 0 Å². The molecule has 0 atom stereocenters. The van der Waals surface area contributed by atoms with Crippen LogP contribution in [0.15, 0.2) is 6.20 Å². The van der Waals surface area contributed by atoms with E-state index < -0.39 is 5.97 Å². The summed E-state index contributed by atoms with van der Waals surface area (Å²) in [6.07, 6.45) is 6.50. The van der Waals surface area contributed by atoms with Gasteiger partial charge >= 0.3 is 5.97 Å². The van der Waals surface area contributed by atoms with E-state index in [1.165, 1.54) is 43.4 Å². The Labute approximate surface area is 99.1 Å². The Bertz CT molecular complexity index is 357. The van der Waals surface area contributed by atoms with E-state index in [1.54, 1.807) is 0 Å². The molecule has 0 unspecified atom stereocenters. The van der Waals surface area contributed by atoms with E-state index in [2.05, 4.69) is 9.27 Å². The summed E-state index contributed by atoms with van der Waals surface area (Å²) in [6, 6.07) is 0. The van der Waals surface area contributed by atoms with E-state index in [9.17, 15) is 4.79 Å². The molecule has 0 aromatic carbocycles. The van der Waals surface area contributed by atoms with Gasteiger partial charge in [0.2, 0.25) is 0 Å². The van der Waals surface area contributed by atoms with Gasteiger partial charge in [-0.3, -0.25) is 4.90 Å². The van der Waals surface area contributed by atoms with Gasteiger partial charge in [0, 0.05) is 6.54 Å². The van der Waals surface area contributed by atoms with Crippen molar-refractivity contribution in [2.24, 2.45) is 0 Å². The van der Waals surface area contributed by atoms with Crippen molar-refractivity contribution in [3.05, 3.63) is 16.6 Å². The normalized spacial score (nSPS) is 18.2. The Kier molecular flexibility index (Phi) is 3.90. The number of likely N-dealkylation sites (tertiary alicyclic amines) is 1. The fourth-order valence-electron chi connectivity index (χ4n) is 2.05. The van der Waals surface area contributed by atoms with Gasteiger partial charge in [0.15, 0.2) is 0 Å². The van der Waals surface area contributed by atoms with Crippen molar-refractivity contribution < 1.29 is 9.90 Å². The molecule has 2 heterocycles. The zero-order valence-corrected chi connectivity index (χ0v) is 10.0. The lowest BCUT2D eigenvalue weighted by Crippen LogP contribution is -2.24. The molecule has 0 amide bonds. The van der Waals surface area contributed by atoms with E-state index in [0.717, 1.165) is 24.5 Å². The third-order valence-corrected chi connectivity index (χ3v) is 3.72. The highest BCUT2D eigenvalue weighted by Gasteiger charge is 2.16. The van der Waals surface area contributed by atoms with Gasteiger partial charge in [-0.1, -0.05) is 12.8 Å². The van der Waals surface area contributed by atoms with Gasteiger partial charge in [-0.15, -0.1) is 0 Å². The lowest BCUT2D eigenvalue weighted by Gasteiger charge is -2.18. The molecule has 88 valence electrons. The number of carboxylic acids is 1. The number of aromatic carboxylic acids is 1. The summed E-state index contributed by atoms with van der Waals surface area (Å²) < 4.78 is 3.97. The lowest BCUT2D eigenvalue weighted by molar-refractivity contribution is 0.0695. The fraction of sp³-hybridized carbons (Fsp3) is 0.636. The molecule has 5 heteroatoms. The van der Waals surface area contributed by atoms with E-state index >= 15 is 0 Å². The molecular formula is C11H16N2O2S. The number of nitrogens with zero attached hydrogens (tertiary/aromatic N) is 2. The summed E-state index contributed by atoms with van der Waals surface area (Å²) in [5.74, 6) is -0.862. The summed E-state index contributed by atoms with van der Waals surface area (Å²) in [5, 5.41) is 8.99. The highest BCUT2D eigenvalue weighted by molar-refractivity contribution is 7.06. The quantitative estimate of drug-likeness (QED) is 0.880. The molecule has 16 heavy (non-hydrogen) atoms. The van der Waals surface area contributed by atoms with Crippen molar-refractivity contribution in [2.45, 2.75) is 32.2 Å². The molecule has 0 radical (unpaired) electrons. The zero-order valence-electron chi connectivity index (χ0n) is 9.19. The SMILES string of the molecule is O=C(O)c1cnsc1CN1CCCCCC1. The minimum absolute atomic E-state index is 0.370. The van der Waals surface area contributed by atoms with Crippen molar-refractivity contribution in [3.8, 4) is 0 Å². The lowest BCUT2D eigenvalue weighted by atomic mass is 10.2. The van der Waals surface area contributed by atoms with Crippen LogP contribution in [0, 0.1) is 0 Å². The first kappa shape index (κ1) is 11.5. The molecule has 1 fully saturated rings. The van der Waals surface area contributed by atoms with Crippen LogP contribution in [0.2, 0.25) is 0 Å². The summed E-state index contributed by atoms with van der Waals surface area (Å²) in [7, 11) is 0. The largest absolute Gasteiger partial charge is 0.478 e. The second kappa shape index (κ2) is 5.41. The minimum atomic E-state index is -0.862. The molecular weight excluding hydrogens is 224 g/mol. The molecule has 4 nitrogen and oxygen atoms in total. The molecule has 1 aliphatic rings. The van der Waals surface area contributed by atoms with Gasteiger partial charge in [0.25, 0.3) is 0 Å². The topological polar surface area (TPSA) is 53.4 Å². The summed E-state index contributed by atoms with van der Waals surface area (Å²) in [5.41, 5.74) is 0.370. The van der Waals surface area contributed by atoms with Crippen LogP contribution in [0.3, 0.4) is 0 Å². The molecule has 1 saturated heterocycles. The number of hydrogen-bond acceptors (Lipinski definition) is 4. The number of hydrogen-bond donors (Lipinski definition) is 1. The average molecular weight is 240 g/mol. The maximum Gasteiger partial charge on any atom is 0.338 e. The van der Waals surface area contributed by atoms with E-state index in [4.69, 9.17) is 5.11 Å². The van der Waals surface area contributed by atoms with Crippen molar-refractivity contribution in [2.75, 3.05) is 13.1 Å². The Morgan fingerprint density at radius 1 is 1.38 bits per heavy atom. The molecule has 1 aliphatic heterocycles. The number of carboxylic acid groups (broad SMARTS) is 1. The van der Waals surface area contributed by atoms with Gasteiger partial charge in [-0.05, 0) is 37.5 Å². The van der Waals surface area contributed by atoms with Crippen LogP contribution in [0.25, 0.3) is 0 Å². The maximum atomic E-state index is 10.9. The van der Waals surface area contributed by atoms with Gasteiger partial charge in [0.05, 0.1) is 16.6 Å². The highest BCUT2D eigenvalue weighted by atomic mass is 32.1. The van der Waals surface area contributed by atoms with E-state index in [1.807, 2.05) is 0 Å². The van der Waals surface area contributed by atoms with Gasteiger partial charge in [-0.2, -0.15) is 4.37 Å². The molecule has 1 aromatic rings. The maximum absolute atomic E-state index is 10.9. The van der Waals surface area contributed by atoms with Crippen LogP contribution in [-0.4, -0.2) is 33.4 Å². The van der Waals surface area contributed by atoms with Crippen LogP contribution >= 0.6 is 11.5 Å². The molecule has 0 aliphatic carbocycles. The Balaban J connectivity index is 2.01. The minimum Gasteiger partial charge on any atom is -0.478 e. The molecule has 1 aromatic heterocycles. The van der Waals surface area contributed by atoms with Crippen LogP contribution < -0.4 is 0 Å². The second-order valence-corrected chi connectivity index (χ2v) is 5.04. The smallest absolute Gasteiger partial charge is 0.338 e. The third kappa shape index (κ3) is 2.80. The first-order valence-electron chi connectivity index (χ1n) is 5.66. The summed E-state index contributed by atoms with van der Waals surface area (Å²) >= 11 is 1.31. The highest BCUT2D eigenvalue weighted by Crippen LogP contribution is 2.18. The second-order valence-electron chi connectivity index (χ2n) is 4.16. The number of aromatic nitrogens is 1. The average Bonchev–Trinajstić information content (AvgIpc) is 2.55. The van der Waals surface area contributed by atoms with Crippen molar-refractivity contribution in [3.63, 3.8) is 0 Å². The third-order valence-electron chi connectivity index (χ3n) is 2.94. The molecule has 0 bridgehead atoms. The molecule has 0 saturated carbocycles. The first-order chi connectivity index (χ1) is 7.77. The zero-order chi connectivity index (χ0) is 11.4. The monoisotopic (exact) mass is 240 g/mol. The summed E-state index contributed by atoms with van der Waals surface area (Å²) in [4.78, 5) is 14.2. The van der Waals surface area contributed by atoms with E-state index in [-0.39, 0.29) is 0 Å². The standard InChI is InChI=1S/C11H16N2O2S/c14-11(15)9-7-12-16-10(9)8-13-5-3-1-2-4-6-13/h7H,1-6,8H2,(H,14,15). The Morgan fingerprint density at radius 3 is 2.69 bits per heavy atom. The molecule has 1 N–H and O–H groups in total. The van der Waals surface area contributed by atoms with Crippen LogP contribution in [0.4, 0.5) is 0 Å². The predicted octanol–water partition coefficient (Wildman–Crippen LogP) is 2.22. The Hall–Kier alpha value is -0.940. The van der Waals surface area contributed by atoms with Crippen molar-refractivity contribution >= 4 is 17.5 Å². The number of rotatable bonds is 3. The number of carbonyl (C=O) groups is 1. The summed E-state index contributed by atoms with van der Waals surface area (Å²) in [6.45, 7) is 2.90. The van der Waals surface area contributed by atoms with Crippen LogP contribution in [0.5, 0.6) is 0 Å². The van der Waals surface area contributed by atoms with E-state index in [0.29, 0.717) is 5.56 Å². The van der Waals surface area contributed by atoms with Gasteiger partial charge < -0.3 is 5.11 Å².